The van der Waals surface area contributed by atoms with Crippen LogP contribution in [0.2, 0.25) is 0 Å². The van der Waals surface area contributed by atoms with Crippen LogP contribution in [0.4, 0.5) is 4.79 Å². The molecule has 1 aliphatic carbocycles. The van der Waals surface area contributed by atoms with Crippen LogP contribution in [0, 0.1) is 11.8 Å². The molecular weight excluding hydrogens is 486 g/mol. The molecule has 2 rings (SSSR count). The highest BCUT2D eigenvalue weighted by molar-refractivity contribution is 5.97. The monoisotopic (exact) mass is 533 g/mol. The maximum Gasteiger partial charge on any atom is 0.407 e. The van der Waals surface area contributed by atoms with E-state index in [-0.39, 0.29) is 18.4 Å². The van der Waals surface area contributed by atoms with E-state index in [2.05, 4.69) is 16.0 Å². The summed E-state index contributed by atoms with van der Waals surface area (Å²) in [7, 11) is 0. The van der Waals surface area contributed by atoms with Crippen LogP contribution in [0.3, 0.4) is 0 Å². The third-order valence-electron chi connectivity index (χ3n) is 6.67. The number of ether oxygens (including phenoxy) is 1. The summed E-state index contributed by atoms with van der Waals surface area (Å²) in [5.41, 5.74) is -0.254. The molecule has 1 fully saturated rings. The summed E-state index contributed by atoms with van der Waals surface area (Å²) in [4.78, 5) is 38.1. The molecule has 1 saturated carbocycles. The van der Waals surface area contributed by atoms with Gasteiger partial charge in [0.2, 0.25) is 5.91 Å². The Balaban J connectivity index is 2.02. The first-order valence-electron chi connectivity index (χ1n) is 13.8. The molecule has 214 valence electrons. The van der Waals surface area contributed by atoms with Gasteiger partial charge in [0, 0.05) is 12.1 Å². The Kier molecular flexibility index (Phi) is 12.5. The van der Waals surface area contributed by atoms with Crippen molar-refractivity contribution in [1.29, 1.82) is 0 Å². The fourth-order valence-corrected chi connectivity index (χ4v) is 4.78. The van der Waals surface area contributed by atoms with E-state index < -0.39 is 41.9 Å². The molecule has 0 heterocycles. The molecule has 0 radical (unpaired) electrons. The smallest absolute Gasteiger partial charge is 0.407 e. The van der Waals surface area contributed by atoms with Gasteiger partial charge in [-0.15, -0.1) is 0 Å². The van der Waals surface area contributed by atoms with Crippen LogP contribution in [0.5, 0.6) is 0 Å². The Morgan fingerprint density at radius 1 is 1.00 bits per heavy atom. The zero-order valence-corrected chi connectivity index (χ0v) is 23.5. The highest BCUT2D eigenvalue weighted by Gasteiger charge is 2.33. The summed E-state index contributed by atoms with van der Waals surface area (Å²) >= 11 is 0. The van der Waals surface area contributed by atoms with Gasteiger partial charge in [-0.3, -0.25) is 9.59 Å². The number of rotatable bonds is 12. The molecule has 5 N–H and O–H groups in total. The second kappa shape index (κ2) is 15.1. The van der Waals surface area contributed by atoms with Gasteiger partial charge in [0.1, 0.15) is 17.7 Å². The minimum Gasteiger partial charge on any atom is -0.444 e. The molecule has 9 heteroatoms. The van der Waals surface area contributed by atoms with Gasteiger partial charge in [-0.25, -0.2) is 4.79 Å². The third-order valence-corrected chi connectivity index (χ3v) is 6.67. The maximum absolute atomic E-state index is 13.0. The molecular formula is C29H47N3O6. The van der Waals surface area contributed by atoms with Crippen molar-refractivity contribution in [3.8, 4) is 0 Å². The lowest BCUT2D eigenvalue weighted by Crippen LogP contribution is -2.54. The highest BCUT2D eigenvalue weighted by Crippen LogP contribution is 2.28. The van der Waals surface area contributed by atoms with E-state index in [0.29, 0.717) is 24.3 Å². The van der Waals surface area contributed by atoms with Crippen LogP contribution in [0.1, 0.15) is 89.9 Å². The van der Waals surface area contributed by atoms with Gasteiger partial charge in [-0.1, -0.05) is 64.2 Å². The Morgan fingerprint density at radius 2 is 1.63 bits per heavy atom. The first-order chi connectivity index (χ1) is 17.9. The molecule has 1 aromatic carbocycles. The van der Waals surface area contributed by atoms with E-state index >= 15 is 0 Å². The van der Waals surface area contributed by atoms with E-state index in [1.54, 1.807) is 51.1 Å². The molecule has 3 amide bonds. The first-order valence-corrected chi connectivity index (χ1v) is 13.8. The average molecular weight is 534 g/mol. The number of hydrogen-bond donors (Lipinski definition) is 5. The summed E-state index contributed by atoms with van der Waals surface area (Å²) in [6.07, 6.45) is 3.01. The number of amides is 3. The Hall–Kier alpha value is -2.65. The molecule has 0 spiro atoms. The second-order valence-corrected chi connectivity index (χ2v) is 11.8. The number of alkyl carbamates (subject to hydrolysis) is 1. The largest absolute Gasteiger partial charge is 0.444 e. The lowest BCUT2D eigenvalue weighted by atomic mass is 9.83. The number of carbonyl (C=O) groups excluding carboxylic acids is 3. The number of aliphatic hydroxyl groups is 2. The van der Waals surface area contributed by atoms with Crippen molar-refractivity contribution in [2.45, 2.75) is 109 Å². The Bertz CT molecular complexity index is 880. The number of carbonyl (C=O) groups is 3. The van der Waals surface area contributed by atoms with Gasteiger partial charge < -0.3 is 30.9 Å². The summed E-state index contributed by atoms with van der Waals surface area (Å²) < 4.78 is 5.37. The maximum atomic E-state index is 13.0. The molecule has 0 aliphatic heterocycles. The Labute approximate surface area is 227 Å². The molecule has 1 aromatic rings. The number of hydrogen-bond acceptors (Lipinski definition) is 6. The van der Waals surface area contributed by atoms with Gasteiger partial charge in [0.25, 0.3) is 5.91 Å². The van der Waals surface area contributed by atoms with E-state index in [1.807, 2.05) is 13.8 Å². The lowest BCUT2D eigenvalue weighted by molar-refractivity contribution is -0.124. The minimum absolute atomic E-state index is 0.134. The van der Waals surface area contributed by atoms with E-state index in [1.165, 1.54) is 6.42 Å². The summed E-state index contributed by atoms with van der Waals surface area (Å²) in [6.45, 7) is 8.94. The van der Waals surface area contributed by atoms with Crippen molar-refractivity contribution >= 4 is 17.9 Å². The van der Waals surface area contributed by atoms with Crippen LogP contribution < -0.4 is 16.0 Å². The fraction of sp³-hybridized carbons (Fsp3) is 0.690. The Morgan fingerprint density at radius 3 is 2.21 bits per heavy atom. The minimum atomic E-state index is -1.33. The molecule has 0 saturated heterocycles. The number of benzene rings is 1. The first kappa shape index (κ1) is 31.6. The average Bonchev–Trinajstić information content (AvgIpc) is 2.85. The molecule has 38 heavy (non-hydrogen) atoms. The number of nitrogens with one attached hydrogen (secondary N) is 3. The van der Waals surface area contributed by atoms with Gasteiger partial charge in [-0.2, -0.15) is 0 Å². The normalized spacial score (nSPS) is 17.7. The zero-order valence-electron chi connectivity index (χ0n) is 23.5. The summed E-state index contributed by atoms with van der Waals surface area (Å²) in [6, 6.07) is 7.11. The molecule has 1 aliphatic rings. The van der Waals surface area contributed by atoms with E-state index in [4.69, 9.17) is 4.74 Å². The predicted molar refractivity (Wildman–Crippen MR) is 147 cm³/mol. The van der Waals surface area contributed by atoms with E-state index in [0.717, 1.165) is 25.7 Å². The summed E-state index contributed by atoms with van der Waals surface area (Å²) in [5, 5.41) is 30.0. The van der Waals surface area contributed by atoms with Crippen molar-refractivity contribution in [3.05, 3.63) is 35.9 Å². The van der Waals surface area contributed by atoms with Crippen molar-refractivity contribution in [2.75, 3.05) is 6.54 Å². The number of aliphatic hydroxyl groups excluding tert-OH is 2. The quantitative estimate of drug-likeness (QED) is 0.279. The fourth-order valence-electron chi connectivity index (χ4n) is 4.78. The van der Waals surface area contributed by atoms with E-state index in [9.17, 15) is 24.6 Å². The predicted octanol–water partition coefficient (Wildman–Crippen LogP) is 3.53. The topological polar surface area (TPSA) is 137 Å². The van der Waals surface area contributed by atoms with Gasteiger partial charge >= 0.3 is 6.09 Å². The van der Waals surface area contributed by atoms with Crippen molar-refractivity contribution in [3.63, 3.8) is 0 Å². The molecule has 0 bridgehead atoms. The SMILES string of the molecule is CC(C)CC(NC(=O)c1ccccc1)C(=O)NC[C@H](O)[C@H](O)[C@H](CC1CCCCC1)NC(=O)OC(C)(C)C. The standard InChI is InChI=1S/C29H47N3O6/c1-19(2)16-23(31-26(35)21-14-10-7-11-15-21)27(36)30-18-24(33)25(34)22(17-20-12-8-6-9-13-20)32-28(37)38-29(3,4)5/h7,10-11,14-15,19-20,22-25,33-34H,6,8-9,12-13,16-18H2,1-5H3,(H,30,36)(H,31,35)(H,32,37)/t22-,23?,24-,25+/m0/s1. The highest BCUT2D eigenvalue weighted by atomic mass is 16.6. The molecule has 4 atom stereocenters. The van der Waals surface area contributed by atoms with Gasteiger partial charge in [0.05, 0.1) is 12.1 Å². The van der Waals surface area contributed by atoms with Crippen LogP contribution in [0.15, 0.2) is 30.3 Å². The van der Waals surface area contributed by atoms with Gasteiger partial charge in [0.15, 0.2) is 0 Å². The van der Waals surface area contributed by atoms with Crippen LogP contribution >= 0.6 is 0 Å². The third kappa shape index (κ3) is 11.4. The van der Waals surface area contributed by atoms with Crippen LogP contribution in [-0.4, -0.2) is 64.6 Å². The van der Waals surface area contributed by atoms with Gasteiger partial charge in [-0.05, 0) is 57.6 Å². The van der Waals surface area contributed by atoms with Crippen molar-refractivity contribution < 1.29 is 29.3 Å². The van der Waals surface area contributed by atoms with Crippen LogP contribution in [0.25, 0.3) is 0 Å². The zero-order chi connectivity index (χ0) is 28.3. The molecule has 1 unspecified atom stereocenters. The summed E-state index contributed by atoms with van der Waals surface area (Å²) in [5.74, 6) is -0.349. The molecule has 9 nitrogen and oxygen atoms in total. The van der Waals surface area contributed by atoms with Crippen molar-refractivity contribution in [1.82, 2.24) is 16.0 Å². The van der Waals surface area contributed by atoms with Crippen LogP contribution in [-0.2, 0) is 9.53 Å². The lowest BCUT2D eigenvalue weighted by Gasteiger charge is -2.33. The second-order valence-electron chi connectivity index (χ2n) is 11.8. The van der Waals surface area contributed by atoms with Crippen molar-refractivity contribution in [2.24, 2.45) is 11.8 Å². The molecule has 0 aromatic heterocycles.